The zero-order valence-corrected chi connectivity index (χ0v) is 21.0. The number of hydrogen-bond donors (Lipinski definition) is 3. The summed E-state index contributed by atoms with van der Waals surface area (Å²) in [7, 11) is 1.53. The van der Waals surface area contributed by atoms with E-state index in [9.17, 15) is 17.6 Å². The van der Waals surface area contributed by atoms with Crippen LogP contribution in [0.1, 0.15) is 43.5 Å². The number of anilines is 2. The van der Waals surface area contributed by atoms with Gasteiger partial charge in [0.25, 0.3) is 0 Å². The Bertz CT molecular complexity index is 1120. The minimum Gasteiger partial charge on any atom is -0.497 e. The largest absolute Gasteiger partial charge is 0.497 e. The number of carboxylic acids is 1. The first-order chi connectivity index (χ1) is 18.1. The first-order valence-corrected chi connectivity index (χ1v) is 12.6. The van der Waals surface area contributed by atoms with Crippen LogP contribution in [0.25, 0.3) is 0 Å². The molecule has 38 heavy (non-hydrogen) atoms. The molecule has 1 saturated heterocycles. The van der Waals surface area contributed by atoms with Gasteiger partial charge in [0.2, 0.25) is 0 Å². The van der Waals surface area contributed by atoms with Crippen molar-refractivity contribution in [2.24, 2.45) is 0 Å². The van der Waals surface area contributed by atoms with E-state index in [0.29, 0.717) is 11.8 Å². The Labute approximate surface area is 217 Å². The highest BCUT2D eigenvalue weighted by molar-refractivity contribution is 5.73. The van der Waals surface area contributed by atoms with Crippen LogP contribution in [-0.4, -0.2) is 66.1 Å². The van der Waals surface area contributed by atoms with E-state index < -0.39 is 12.1 Å². The molecule has 1 aromatic carbocycles. The number of piperidine rings is 1. The molecule has 1 aliphatic carbocycles. The van der Waals surface area contributed by atoms with Crippen molar-refractivity contribution in [3.05, 3.63) is 35.4 Å². The summed E-state index contributed by atoms with van der Waals surface area (Å²) in [6, 6.07) is 5.23. The number of nitrogens with one attached hydrogen (secondary N) is 2. The van der Waals surface area contributed by atoms with Gasteiger partial charge in [0, 0.05) is 57.5 Å². The minimum atomic E-state index is -5.08. The van der Waals surface area contributed by atoms with Gasteiger partial charge in [-0.1, -0.05) is 0 Å². The van der Waals surface area contributed by atoms with Crippen molar-refractivity contribution in [1.82, 2.24) is 15.3 Å². The number of carbonyl (C=O) groups is 1. The van der Waals surface area contributed by atoms with E-state index >= 15 is 0 Å². The van der Waals surface area contributed by atoms with Crippen LogP contribution in [0.15, 0.2) is 18.2 Å². The molecule has 3 aliphatic rings. The van der Waals surface area contributed by atoms with Crippen LogP contribution in [-0.2, 0) is 17.8 Å². The summed E-state index contributed by atoms with van der Waals surface area (Å²) in [5, 5.41) is 14.1. The Kier molecular flexibility index (Phi) is 8.75. The lowest BCUT2D eigenvalue weighted by Gasteiger charge is -2.36. The summed E-state index contributed by atoms with van der Waals surface area (Å²) in [5.74, 6) is -0.496. The van der Waals surface area contributed by atoms with Crippen molar-refractivity contribution >= 4 is 17.6 Å². The molecule has 3 heterocycles. The van der Waals surface area contributed by atoms with Gasteiger partial charge in [-0.2, -0.15) is 13.2 Å². The van der Waals surface area contributed by atoms with Crippen molar-refractivity contribution in [3.63, 3.8) is 0 Å². The normalized spacial score (nSPS) is 18.0. The number of alkyl halides is 3. The second kappa shape index (κ2) is 12.0. The predicted molar refractivity (Wildman–Crippen MR) is 131 cm³/mol. The molecule has 13 heteroatoms. The Morgan fingerprint density at radius 3 is 2.45 bits per heavy atom. The SMILES string of the molecule is COc1ccc(OC2CCN(c3nc4c(nc3NC3CCC3)CNCC4)CC2)c(F)c1.O=C(O)C(F)(F)F. The van der Waals surface area contributed by atoms with Gasteiger partial charge in [-0.3, -0.25) is 0 Å². The molecule has 208 valence electrons. The molecule has 0 unspecified atom stereocenters. The van der Waals surface area contributed by atoms with Crippen molar-refractivity contribution in [2.45, 2.75) is 63.4 Å². The maximum atomic E-state index is 14.3. The maximum Gasteiger partial charge on any atom is 0.490 e. The van der Waals surface area contributed by atoms with Crippen LogP contribution in [0.2, 0.25) is 0 Å². The maximum absolute atomic E-state index is 14.3. The van der Waals surface area contributed by atoms with Crippen LogP contribution >= 0.6 is 0 Å². The van der Waals surface area contributed by atoms with Gasteiger partial charge in [-0.25, -0.2) is 19.2 Å². The van der Waals surface area contributed by atoms with E-state index in [1.807, 2.05) is 0 Å². The third-order valence-electron chi connectivity index (χ3n) is 6.73. The molecule has 5 rings (SSSR count). The van der Waals surface area contributed by atoms with Gasteiger partial charge in [0.1, 0.15) is 11.9 Å². The molecule has 0 amide bonds. The second-order valence-electron chi connectivity index (χ2n) is 9.39. The molecular weight excluding hydrogens is 510 g/mol. The van der Waals surface area contributed by atoms with Crippen molar-refractivity contribution < 1.29 is 36.9 Å². The number of carboxylic acid groups (broad SMARTS) is 1. The molecule has 0 bridgehead atoms. The van der Waals surface area contributed by atoms with E-state index in [-0.39, 0.29) is 17.7 Å². The fourth-order valence-electron chi connectivity index (χ4n) is 4.38. The van der Waals surface area contributed by atoms with Gasteiger partial charge in [-0.15, -0.1) is 0 Å². The van der Waals surface area contributed by atoms with Crippen LogP contribution in [0.5, 0.6) is 11.5 Å². The molecule has 9 nitrogen and oxygen atoms in total. The third-order valence-corrected chi connectivity index (χ3v) is 6.73. The van der Waals surface area contributed by atoms with E-state index in [1.165, 1.54) is 32.4 Å². The Morgan fingerprint density at radius 1 is 1.16 bits per heavy atom. The second-order valence-corrected chi connectivity index (χ2v) is 9.39. The third kappa shape index (κ3) is 6.94. The summed E-state index contributed by atoms with van der Waals surface area (Å²) in [6.45, 7) is 3.35. The van der Waals surface area contributed by atoms with Gasteiger partial charge in [-0.05, 0) is 31.4 Å². The standard InChI is InChI=1S/C23H30FN5O2.C2HF3O2/c1-30-17-5-6-21(18(24)13-17)31-16-8-11-29(12-9-16)23-22(26-15-3-2-4-15)27-20-14-25-10-7-19(20)28-23;3-2(4,5)1(6)7/h5-6,13,15-16,25H,2-4,7-12,14H2,1H3,(H,26,27);(H,6,7). The Morgan fingerprint density at radius 2 is 1.87 bits per heavy atom. The van der Waals surface area contributed by atoms with Crippen LogP contribution in [0.3, 0.4) is 0 Å². The highest BCUT2D eigenvalue weighted by Gasteiger charge is 2.38. The average molecular weight is 542 g/mol. The number of hydrogen-bond acceptors (Lipinski definition) is 8. The number of rotatable bonds is 6. The fraction of sp³-hybridized carbons (Fsp3) is 0.560. The number of nitrogens with zero attached hydrogens (tertiary/aromatic N) is 3. The lowest BCUT2D eigenvalue weighted by Crippen LogP contribution is -2.40. The van der Waals surface area contributed by atoms with Crippen LogP contribution < -0.4 is 25.0 Å². The van der Waals surface area contributed by atoms with Crippen LogP contribution in [0.4, 0.5) is 29.2 Å². The van der Waals surface area contributed by atoms with Gasteiger partial charge >= 0.3 is 12.1 Å². The zero-order valence-electron chi connectivity index (χ0n) is 21.0. The number of aliphatic carboxylic acids is 1. The molecule has 1 aromatic heterocycles. The first-order valence-electron chi connectivity index (χ1n) is 12.6. The molecule has 0 radical (unpaired) electrons. The number of fused-ring (bicyclic) bond motifs is 1. The van der Waals surface area contributed by atoms with Gasteiger partial charge in [0.15, 0.2) is 23.2 Å². The van der Waals surface area contributed by atoms with Crippen molar-refractivity contribution in [3.8, 4) is 11.5 Å². The molecule has 1 saturated carbocycles. The first kappa shape index (κ1) is 27.7. The molecule has 2 fully saturated rings. The van der Waals surface area contributed by atoms with Crippen molar-refractivity contribution in [1.29, 1.82) is 0 Å². The fourth-order valence-corrected chi connectivity index (χ4v) is 4.38. The molecular formula is C25H31F4N5O4. The van der Waals surface area contributed by atoms with Gasteiger partial charge < -0.3 is 30.1 Å². The molecule has 0 atom stereocenters. The van der Waals surface area contributed by atoms with E-state index in [4.69, 9.17) is 29.3 Å². The zero-order chi connectivity index (χ0) is 27.3. The summed E-state index contributed by atoms with van der Waals surface area (Å²) in [6.07, 6.45) is 1.10. The highest BCUT2D eigenvalue weighted by Crippen LogP contribution is 2.32. The number of aromatic nitrogens is 2. The molecule has 3 N–H and O–H groups in total. The number of methoxy groups -OCH3 is 1. The lowest BCUT2D eigenvalue weighted by molar-refractivity contribution is -0.192. The highest BCUT2D eigenvalue weighted by atomic mass is 19.4. The minimum absolute atomic E-state index is 0.0167. The summed E-state index contributed by atoms with van der Waals surface area (Å²) in [5.41, 5.74) is 2.16. The predicted octanol–water partition coefficient (Wildman–Crippen LogP) is 3.92. The van der Waals surface area contributed by atoms with E-state index in [2.05, 4.69) is 15.5 Å². The summed E-state index contributed by atoms with van der Waals surface area (Å²) < 4.78 is 57.0. The van der Waals surface area contributed by atoms with Crippen LogP contribution in [0, 0.1) is 5.82 Å². The Hall–Kier alpha value is -3.35. The number of benzene rings is 1. The number of ether oxygens (including phenoxy) is 2. The molecule has 2 aromatic rings. The monoisotopic (exact) mass is 541 g/mol. The molecule has 2 aliphatic heterocycles. The lowest BCUT2D eigenvalue weighted by atomic mass is 9.93. The van der Waals surface area contributed by atoms with Crippen molar-refractivity contribution in [2.75, 3.05) is 37.0 Å². The molecule has 0 spiro atoms. The quantitative estimate of drug-likeness (QED) is 0.469. The average Bonchev–Trinajstić information content (AvgIpc) is 2.87. The Balaban J connectivity index is 0.000000426. The van der Waals surface area contributed by atoms with E-state index in [1.54, 1.807) is 12.1 Å². The van der Waals surface area contributed by atoms with E-state index in [0.717, 1.165) is 68.5 Å². The van der Waals surface area contributed by atoms with Gasteiger partial charge in [0.05, 0.1) is 18.5 Å². The smallest absolute Gasteiger partial charge is 0.490 e. The topological polar surface area (TPSA) is 109 Å². The summed E-state index contributed by atoms with van der Waals surface area (Å²) in [4.78, 5) is 21.2. The summed E-state index contributed by atoms with van der Waals surface area (Å²) >= 11 is 0. The number of halogens is 4.